The van der Waals surface area contributed by atoms with E-state index in [4.69, 9.17) is 11.6 Å². The first-order valence-electron chi connectivity index (χ1n) is 6.92. The number of para-hydroxylation sites is 2. The van der Waals surface area contributed by atoms with E-state index in [0.717, 1.165) is 27.3 Å². The van der Waals surface area contributed by atoms with Crippen LogP contribution in [-0.4, -0.2) is 9.97 Å². The van der Waals surface area contributed by atoms with Gasteiger partial charge in [-0.3, -0.25) is 4.98 Å². The molecule has 4 heteroatoms. The van der Waals surface area contributed by atoms with E-state index in [1.54, 1.807) is 0 Å². The maximum atomic E-state index is 6.21. The van der Waals surface area contributed by atoms with Crippen molar-refractivity contribution in [2.45, 2.75) is 19.5 Å². The van der Waals surface area contributed by atoms with Gasteiger partial charge in [-0.2, -0.15) is 0 Å². The zero-order valence-corrected chi connectivity index (χ0v) is 12.5. The molecule has 0 aliphatic carbocycles. The predicted molar refractivity (Wildman–Crippen MR) is 86.2 cm³/mol. The molecule has 21 heavy (non-hydrogen) atoms. The van der Waals surface area contributed by atoms with Gasteiger partial charge in [0.25, 0.3) is 0 Å². The summed E-state index contributed by atoms with van der Waals surface area (Å²) in [7, 11) is 0. The molecule has 3 nitrogen and oxygen atoms in total. The highest BCUT2D eigenvalue weighted by atomic mass is 35.5. The average Bonchev–Trinajstić information content (AvgIpc) is 2.53. The molecular weight excluding hydrogens is 282 g/mol. The Bertz CT molecular complexity index is 758. The van der Waals surface area contributed by atoms with E-state index in [2.05, 4.69) is 22.2 Å². The first-order valence-corrected chi connectivity index (χ1v) is 7.30. The van der Waals surface area contributed by atoms with Crippen LogP contribution in [0.1, 0.15) is 24.2 Å². The molecule has 1 atom stereocenters. The van der Waals surface area contributed by atoms with Crippen LogP contribution in [0.25, 0.3) is 11.0 Å². The summed E-state index contributed by atoms with van der Waals surface area (Å²) in [5.74, 6) is 0. The Morgan fingerprint density at radius 2 is 1.76 bits per heavy atom. The molecule has 3 rings (SSSR count). The van der Waals surface area contributed by atoms with Gasteiger partial charge in [0.1, 0.15) is 0 Å². The van der Waals surface area contributed by atoms with Crippen LogP contribution >= 0.6 is 11.6 Å². The van der Waals surface area contributed by atoms with Gasteiger partial charge in [0.05, 0.1) is 22.9 Å². The molecule has 1 unspecified atom stereocenters. The number of nitrogens with one attached hydrogen (secondary N) is 1. The van der Waals surface area contributed by atoms with Crippen molar-refractivity contribution in [2.75, 3.05) is 0 Å². The number of halogens is 1. The maximum absolute atomic E-state index is 6.21. The summed E-state index contributed by atoms with van der Waals surface area (Å²) in [5, 5.41) is 4.21. The zero-order chi connectivity index (χ0) is 14.7. The first-order chi connectivity index (χ1) is 10.2. The molecule has 0 amide bonds. The van der Waals surface area contributed by atoms with Crippen LogP contribution in [0.5, 0.6) is 0 Å². The van der Waals surface area contributed by atoms with Crippen molar-refractivity contribution in [2.24, 2.45) is 0 Å². The number of hydrogen-bond acceptors (Lipinski definition) is 3. The topological polar surface area (TPSA) is 37.8 Å². The Morgan fingerprint density at radius 3 is 2.57 bits per heavy atom. The fourth-order valence-corrected chi connectivity index (χ4v) is 2.57. The van der Waals surface area contributed by atoms with Gasteiger partial charge >= 0.3 is 0 Å². The lowest BCUT2D eigenvalue weighted by molar-refractivity contribution is 0.568. The lowest BCUT2D eigenvalue weighted by atomic mass is 10.1. The minimum Gasteiger partial charge on any atom is -0.304 e. The normalized spacial score (nSPS) is 12.5. The first kappa shape index (κ1) is 14.0. The van der Waals surface area contributed by atoms with Crippen molar-refractivity contribution in [1.29, 1.82) is 0 Å². The van der Waals surface area contributed by atoms with Crippen LogP contribution < -0.4 is 5.32 Å². The SMILES string of the molecule is CC(NCc1cnc2ccccc2n1)c1ccccc1Cl. The molecule has 3 aromatic rings. The largest absolute Gasteiger partial charge is 0.304 e. The number of fused-ring (bicyclic) bond motifs is 1. The number of benzene rings is 2. The van der Waals surface area contributed by atoms with E-state index in [0.29, 0.717) is 6.54 Å². The smallest absolute Gasteiger partial charge is 0.0890 e. The van der Waals surface area contributed by atoms with E-state index < -0.39 is 0 Å². The minimum atomic E-state index is 0.159. The fourth-order valence-electron chi connectivity index (χ4n) is 2.27. The van der Waals surface area contributed by atoms with Gasteiger partial charge in [-0.25, -0.2) is 4.98 Å². The standard InChI is InChI=1S/C17H16ClN3/c1-12(14-6-2-3-7-15(14)18)19-10-13-11-20-16-8-4-5-9-17(16)21-13/h2-9,11-12,19H,10H2,1H3. The molecule has 1 N–H and O–H groups in total. The molecule has 0 aliphatic rings. The monoisotopic (exact) mass is 297 g/mol. The number of rotatable bonds is 4. The van der Waals surface area contributed by atoms with Crippen LogP contribution in [0.2, 0.25) is 5.02 Å². The van der Waals surface area contributed by atoms with Crippen molar-refractivity contribution in [3.8, 4) is 0 Å². The third kappa shape index (κ3) is 3.20. The summed E-state index contributed by atoms with van der Waals surface area (Å²) in [5.41, 5.74) is 3.85. The van der Waals surface area contributed by atoms with Gasteiger partial charge in [0, 0.05) is 17.6 Å². The third-order valence-electron chi connectivity index (χ3n) is 3.46. The van der Waals surface area contributed by atoms with E-state index in [1.807, 2.05) is 54.7 Å². The van der Waals surface area contributed by atoms with Gasteiger partial charge in [-0.1, -0.05) is 41.9 Å². The van der Waals surface area contributed by atoms with E-state index in [9.17, 15) is 0 Å². The molecule has 2 aromatic carbocycles. The fraction of sp³-hybridized carbons (Fsp3) is 0.176. The summed E-state index contributed by atoms with van der Waals surface area (Å²) < 4.78 is 0. The molecule has 0 radical (unpaired) electrons. The Hall–Kier alpha value is -1.97. The second kappa shape index (κ2) is 6.20. The van der Waals surface area contributed by atoms with Crippen molar-refractivity contribution in [3.63, 3.8) is 0 Å². The Kier molecular flexibility index (Phi) is 4.13. The Morgan fingerprint density at radius 1 is 1.05 bits per heavy atom. The van der Waals surface area contributed by atoms with E-state index in [1.165, 1.54) is 0 Å². The van der Waals surface area contributed by atoms with Crippen molar-refractivity contribution in [1.82, 2.24) is 15.3 Å². The van der Waals surface area contributed by atoms with Crippen LogP contribution in [0, 0.1) is 0 Å². The second-order valence-electron chi connectivity index (χ2n) is 4.97. The van der Waals surface area contributed by atoms with Crippen LogP contribution in [-0.2, 0) is 6.54 Å². The molecule has 1 aromatic heterocycles. The zero-order valence-electron chi connectivity index (χ0n) is 11.8. The van der Waals surface area contributed by atoms with Crippen LogP contribution in [0.3, 0.4) is 0 Å². The molecule has 0 spiro atoms. The Labute approximate surface area is 129 Å². The quantitative estimate of drug-likeness (QED) is 0.786. The van der Waals surface area contributed by atoms with E-state index >= 15 is 0 Å². The lowest BCUT2D eigenvalue weighted by Gasteiger charge is -2.15. The van der Waals surface area contributed by atoms with Crippen molar-refractivity contribution >= 4 is 22.6 Å². The minimum absolute atomic E-state index is 0.159. The van der Waals surface area contributed by atoms with Crippen LogP contribution in [0.4, 0.5) is 0 Å². The molecule has 0 saturated carbocycles. The van der Waals surface area contributed by atoms with Crippen molar-refractivity contribution < 1.29 is 0 Å². The molecule has 106 valence electrons. The molecule has 0 fully saturated rings. The molecular formula is C17H16ClN3. The molecule has 0 bridgehead atoms. The van der Waals surface area contributed by atoms with Crippen molar-refractivity contribution in [3.05, 3.63) is 71.0 Å². The van der Waals surface area contributed by atoms with E-state index in [-0.39, 0.29) is 6.04 Å². The van der Waals surface area contributed by atoms with Crippen LogP contribution in [0.15, 0.2) is 54.7 Å². The molecule has 0 aliphatic heterocycles. The van der Waals surface area contributed by atoms with Gasteiger partial charge in [-0.05, 0) is 30.7 Å². The summed E-state index contributed by atoms with van der Waals surface area (Å²) in [6, 6.07) is 15.9. The maximum Gasteiger partial charge on any atom is 0.0890 e. The lowest BCUT2D eigenvalue weighted by Crippen LogP contribution is -2.19. The van der Waals surface area contributed by atoms with Gasteiger partial charge in [0.2, 0.25) is 0 Å². The van der Waals surface area contributed by atoms with Gasteiger partial charge in [0.15, 0.2) is 0 Å². The van der Waals surface area contributed by atoms with Gasteiger partial charge in [-0.15, -0.1) is 0 Å². The summed E-state index contributed by atoms with van der Waals surface area (Å²) in [6.45, 7) is 2.75. The predicted octanol–water partition coefficient (Wildman–Crippen LogP) is 4.13. The van der Waals surface area contributed by atoms with Gasteiger partial charge < -0.3 is 5.32 Å². The summed E-state index contributed by atoms with van der Waals surface area (Å²) >= 11 is 6.21. The Balaban J connectivity index is 1.73. The number of nitrogens with zero attached hydrogens (tertiary/aromatic N) is 2. The molecule has 1 heterocycles. The number of hydrogen-bond donors (Lipinski definition) is 1. The average molecular weight is 298 g/mol. The highest BCUT2D eigenvalue weighted by molar-refractivity contribution is 6.31. The highest BCUT2D eigenvalue weighted by Crippen LogP contribution is 2.22. The summed E-state index contributed by atoms with van der Waals surface area (Å²) in [4.78, 5) is 9.03. The second-order valence-corrected chi connectivity index (χ2v) is 5.38. The third-order valence-corrected chi connectivity index (χ3v) is 3.80. The highest BCUT2D eigenvalue weighted by Gasteiger charge is 2.09. The number of aromatic nitrogens is 2. The molecule has 0 saturated heterocycles. The summed E-state index contributed by atoms with van der Waals surface area (Å²) in [6.07, 6.45) is 1.81.